The standard InChI is InChI=1S/C13H23NO2/c1-5-11(6-2)14-10(4)12-8-9-13(16-12)15-7-3/h8-11,14H,5-7H2,1-4H3. The SMILES string of the molecule is CCOc1ccc(C(C)NC(CC)CC)o1. The summed E-state index contributed by atoms with van der Waals surface area (Å²) >= 11 is 0. The van der Waals surface area contributed by atoms with Crippen LogP contribution in [0.3, 0.4) is 0 Å². The smallest absolute Gasteiger partial charge is 0.284 e. The van der Waals surface area contributed by atoms with E-state index in [9.17, 15) is 0 Å². The van der Waals surface area contributed by atoms with E-state index < -0.39 is 0 Å². The van der Waals surface area contributed by atoms with Crippen molar-refractivity contribution in [2.75, 3.05) is 6.61 Å². The summed E-state index contributed by atoms with van der Waals surface area (Å²) in [5.41, 5.74) is 0. The first kappa shape index (κ1) is 13.1. The second-order valence-corrected chi connectivity index (χ2v) is 3.99. The van der Waals surface area contributed by atoms with Gasteiger partial charge in [0.1, 0.15) is 5.76 Å². The molecule has 1 unspecified atom stereocenters. The van der Waals surface area contributed by atoms with Crippen LogP contribution < -0.4 is 10.1 Å². The van der Waals surface area contributed by atoms with E-state index in [0.717, 1.165) is 18.6 Å². The van der Waals surface area contributed by atoms with Crippen molar-refractivity contribution < 1.29 is 9.15 Å². The molecule has 1 heterocycles. The van der Waals surface area contributed by atoms with Crippen molar-refractivity contribution in [2.45, 2.75) is 52.6 Å². The number of hydrogen-bond donors (Lipinski definition) is 1. The topological polar surface area (TPSA) is 34.4 Å². The van der Waals surface area contributed by atoms with E-state index in [1.165, 1.54) is 0 Å². The van der Waals surface area contributed by atoms with Gasteiger partial charge < -0.3 is 14.5 Å². The van der Waals surface area contributed by atoms with Crippen LogP contribution in [0.15, 0.2) is 16.5 Å². The van der Waals surface area contributed by atoms with E-state index in [-0.39, 0.29) is 6.04 Å². The van der Waals surface area contributed by atoms with E-state index >= 15 is 0 Å². The molecule has 1 atom stereocenters. The first-order valence-corrected chi connectivity index (χ1v) is 6.19. The molecular formula is C13H23NO2. The first-order valence-electron chi connectivity index (χ1n) is 6.19. The van der Waals surface area contributed by atoms with Crippen molar-refractivity contribution >= 4 is 0 Å². The molecule has 0 aromatic carbocycles. The summed E-state index contributed by atoms with van der Waals surface area (Å²) in [6, 6.07) is 4.64. The molecule has 1 rings (SSSR count). The summed E-state index contributed by atoms with van der Waals surface area (Å²) < 4.78 is 10.9. The van der Waals surface area contributed by atoms with Crippen molar-refractivity contribution in [3.63, 3.8) is 0 Å². The van der Waals surface area contributed by atoms with Crippen LogP contribution in [0, 0.1) is 0 Å². The van der Waals surface area contributed by atoms with Gasteiger partial charge in [-0.1, -0.05) is 13.8 Å². The normalized spacial score (nSPS) is 13.1. The van der Waals surface area contributed by atoms with Gasteiger partial charge in [0.05, 0.1) is 12.6 Å². The molecule has 0 spiro atoms. The van der Waals surface area contributed by atoms with E-state index in [1.54, 1.807) is 0 Å². The molecule has 3 nitrogen and oxygen atoms in total. The summed E-state index contributed by atoms with van der Waals surface area (Å²) in [4.78, 5) is 0. The lowest BCUT2D eigenvalue weighted by atomic mass is 10.1. The third kappa shape index (κ3) is 3.56. The van der Waals surface area contributed by atoms with Gasteiger partial charge in [-0.05, 0) is 32.8 Å². The van der Waals surface area contributed by atoms with Crippen LogP contribution in [-0.2, 0) is 0 Å². The highest BCUT2D eigenvalue weighted by Crippen LogP contribution is 2.22. The molecule has 0 aliphatic heterocycles. The predicted octanol–water partition coefficient (Wildman–Crippen LogP) is 3.52. The lowest BCUT2D eigenvalue weighted by Crippen LogP contribution is -2.30. The second kappa shape index (κ2) is 6.59. The van der Waals surface area contributed by atoms with Crippen LogP contribution in [0.4, 0.5) is 0 Å². The molecule has 0 aliphatic carbocycles. The summed E-state index contributed by atoms with van der Waals surface area (Å²) in [6.45, 7) is 9.10. The Labute approximate surface area is 98.2 Å². The van der Waals surface area contributed by atoms with Gasteiger partial charge >= 0.3 is 0 Å². The zero-order chi connectivity index (χ0) is 12.0. The summed E-state index contributed by atoms with van der Waals surface area (Å²) in [5.74, 6) is 1.55. The molecule has 1 aromatic heterocycles. The van der Waals surface area contributed by atoms with Gasteiger partial charge in [-0.2, -0.15) is 0 Å². The van der Waals surface area contributed by atoms with Crippen molar-refractivity contribution in [3.05, 3.63) is 17.9 Å². The Bertz CT molecular complexity index is 292. The van der Waals surface area contributed by atoms with E-state index in [1.807, 2.05) is 19.1 Å². The predicted molar refractivity (Wildman–Crippen MR) is 65.8 cm³/mol. The summed E-state index contributed by atoms with van der Waals surface area (Å²) in [6.07, 6.45) is 2.28. The van der Waals surface area contributed by atoms with Crippen molar-refractivity contribution in [1.29, 1.82) is 0 Å². The van der Waals surface area contributed by atoms with Gasteiger partial charge in [-0.3, -0.25) is 0 Å². The molecule has 0 amide bonds. The second-order valence-electron chi connectivity index (χ2n) is 3.99. The first-order chi connectivity index (χ1) is 7.71. The van der Waals surface area contributed by atoms with Crippen LogP contribution in [0.2, 0.25) is 0 Å². The van der Waals surface area contributed by atoms with Crippen molar-refractivity contribution in [1.82, 2.24) is 5.32 Å². The summed E-state index contributed by atoms with van der Waals surface area (Å²) in [7, 11) is 0. The Morgan fingerprint density at radius 1 is 1.25 bits per heavy atom. The van der Waals surface area contributed by atoms with Crippen molar-refractivity contribution in [2.24, 2.45) is 0 Å². The molecular weight excluding hydrogens is 202 g/mol. The minimum Gasteiger partial charge on any atom is -0.465 e. The molecule has 1 aromatic rings. The minimum absolute atomic E-state index is 0.235. The fourth-order valence-electron chi connectivity index (χ4n) is 1.75. The molecule has 3 heteroatoms. The quantitative estimate of drug-likeness (QED) is 0.771. The van der Waals surface area contributed by atoms with Gasteiger partial charge in [-0.25, -0.2) is 0 Å². The van der Waals surface area contributed by atoms with Crippen LogP contribution in [0.5, 0.6) is 5.95 Å². The number of nitrogens with one attached hydrogen (secondary N) is 1. The molecule has 16 heavy (non-hydrogen) atoms. The number of furan rings is 1. The fraction of sp³-hybridized carbons (Fsp3) is 0.692. The number of ether oxygens (including phenoxy) is 1. The Morgan fingerprint density at radius 3 is 2.50 bits per heavy atom. The van der Waals surface area contributed by atoms with Crippen LogP contribution in [-0.4, -0.2) is 12.6 Å². The Kier molecular flexibility index (Phi) is 5.39. The highest BCUT2D eigenvalue weighted by Gasteiger charge is 2.13. The van der Waals surface area contributed by atoms with Gasteiger partial charge in [0.25, 0.3) is 5.95 Å². The lowest BCUT2D eigenvalue weighted by Gasteiger charge is -2.19. The Hall–Kier alpha value is -0.960. The largest absolute Gasteiger partial charge is 0.465 e. The number of rotatable bonds is 7. The van der Waals surface area contributed by atoms with Gasteiger partial charge in [0.15, 0.2) is 0 Å². The molecule has 0 saturated heterocycles. The summed E-state index contributed by atoms with van der Waals surface area (Å²) in [5, 5.41) is 3.54. The zero-order valence-corrected chi connectivity index (χ0v) is 10.7. The monoisotopic (exact) mass is 225 g/mol. The molecule has 1 N–H and O–H groups in total. The maximum atomic E-state index is 5.59. The molecule has 0 bridgehead atoms. The van der Waals surface area contributed by atoms with Gasteiger partial charge in [-0.15, -0.1) is 0 Å². The van der Waals surface area contributed by atoms with E-state index in [2.05, 4.69) is 26.1 Å². The van der Waals surface area contributed by atoms with Crippen molar-refractivity contribution in [3.8, 4) is 5.95 Å². The lowest BCUT2D eigenvalue weighted by molar-refractivity contribution is 0.241. The van der Waals surface area contributed by atoms with Crippen LogP contribution in [0.25, 0.3) is 0 Å². The van der Waals surface area contributed by atoms with E-state index in [4.69, 9.17) is 9.15 Å². The third-order valence-electron chi connectivity index (χ3n) is 2.79. The molecule has 0 saturated carbocycles. The molecule has 0 aliphatic rings. The highest BCUT2D eigenvalue weighted by atomic mass is 16.6. The van der Waals surface area contributed by atoms with Crippen LogP contribution in [0.1, 0.15) is 52.3 Å². The fourth-order valence-corrected chi connectivity index (χ4v) is 1.75. The van der Waals surface area contributed by atoms with Gasteiger partial charge in [0, 0.05) is 12.1 Å². The zero-order valence-electron chi connectivity index (χ0n) is 10.7. The van der Waals surface area contributed by atoms with Gasteiger partial charge in [0.2, 0.25) is 0 Å². The Balaban J connectivity index is 2.54. The third-order valence-corrected chi connectivity index (χ3v) is 2.79. The maximum Gasteiger partial charge on any atom is 0.284 e. The Morgan fingerprint density at radius 2 is 1.94 bits per heavy atom. The molecule has 92 valence electrons. The minimum atomic E-state index is 0.235. The average Bonchev–Trinajstić information content (AvgIpc) is 2.74. The molecule has 0 radical (unpaired) electrons. The average molecular weight is 225 g/mol. The molecule has 0 fully saturated rings. The van der Waals surface area contributed by atoms with E-state index in [0.29, 0.717) is 18.6 Å². The van der Waals surface area contributed by atoms with Crippen LogP contribution >= 0.6 is 0 Å². The number of hydrogen-bond acceptors (Lipinski definition) is 3. The highest BCUT2D eigenvalue weighted by molar-refractivity contribution is 5.14. The maximum absolute atomic E-state index is 5.59.